The fourth-order valence-corrected chi connectivity index (χ4v) is 1.87. The van der Waals surface area contributed by atoms with Crippen molar-refractivity contribution in [1.29, 1.82) is 0 Å². The molecule has 0 radical (unpaired) electrons. The second-order valence-electron chi connectivity index (χ2n) is 3.65. The number of nitrogens with zero attached hydrogens (tertiary/aromatic N) is 1. The summed E-state index contributed by atoms with van der Waals surface area (Å²) >= 11 is 0. The van der Waals surface area contributed by atoms with E-state index < -0.39 is 0 Å². The number of nitrogens with one attached hydrogen (secondary N) is 1. The van der Waals surface area contributed by atoms with Crippen LogP contribution in [0.4, 0.5) is 0 Å². The second-order valence-corrected chi connectivity index (χ2v) is 3.65. The third-order valence-corrected chi connectivity index (χ3v) is 2.64. The molecule has 1 saturated heterocycles. The van der Waals surface area contributed by atoms with Gasteiger partial charge >= 0.3 is 0 Å². The highest BCUT2D eigenvalue weighted by atomic mass is 35.5. The molecular weight excluding hydrogens is 231 g/mol. The molecule has 1 aromatic rings. The van der Waals surface area contributed by atoms with Gasteiger partial charge < -0.3 is 5.32 Å². The van der Waals surface area contributed by atoms with Crippen molar-refractivity contribution in [2.75, 3.05) is 6.54 Å². The highest BCUT2D eigenvalue weighted by Gasteiger charge is 2.13. The summed E-state index contributed by atoms with van der Waals surface area (Å²) in [6, 6.07) is 6.87. The Hall–Kier alpha value is -0.310. The molecule has 1 aliphatic heterocycles. The summed E-state index contributed by atoms with van der Waals surface area (Å²) in [5.41, 5.74) is 1.22. The van der Waals surface area contributed by atoms with Crippen molar-refractivity contribution in [2.24, 2.45) is 0 Å². The first kappa shape index (κ1) is 14.7. The Morgan fingerprint density at radius 3 is 2.80 bits per heavy atom. The van der Waals surface area contributed by atoms with Crippen LogP contribution in [-0.4, -0.2) is 17.6 Å². The van der Waals surface area contributed by atoms with E-state index in [0.717, 1.165) is 12.5 Å². The molecule has 0 spiro atoms. The van der Waals surface area contributed by atoms with Crippen molar-refractivity contribution in [3.63, 3.8) is 0 Å². The predicted molar refractivity (Wildman–Crippen MR) is 68.1 cm³/mol. The van der Waals surface area contributed by atoms with Crippen molar-refractivity contribution in [3.8, 4) is 0 Å². The van der Waals surface area contributed by atoms with E-state index in [4.69, 9.17) is 0 Å². The van der Waals surface area contributed by atoms with Crippen molar-refractivity contribution in [1.82, 2.24) is 10.3 Å². The molecule has 0 aliphatic carbocycles. The fraction of sp³-hybridized carbons (Fsp3) is 0.545. The first-order valence-corrected chi connectivity index (χ1v) is 5.08. The van der Waals surface area contributed by atoms with Crippen molar-refractivity contribution >= 4 is 24.8 Å². The molecule has 1 aliphatic rings. The van der Waals surface area contributed by atoms with Crippen molar-refractivity contribution in [2.45, 2.75) is 31.7 Å². The number of aryl methyl sites for hydroxylation is 1. The van der Waals surface area contributed by atoms with Gasteiger partial charge in [0.25, 0.3) is 0 Å². The molecule has 1 fully saturated rings. The topological polar surface area (TPSA) is 24.9 Å². The van der Waals surface area contributed by atoms with Gasteiger partial charge in [-0.05, 0) is 44.4 Å². The summed E-state index contributed by atoms with van der Waals surface area (Å²) in [6.07, 6.45) is 6.90. The fourth-order valence-electron chi connectivity index (χ4n) is 1.87. The minimum atomic E-state index is 0. The van der Waals surface area contributed by atoms with Gasteiger partial charge in [-0.2, -0.15) is 0 Å². The summed E-state index contributed by atoms with van der Waals surface area (Å²) in [6.45, 7) is 1.20. The summed E-state index contributed by atoms with van der Waals surface area (Å²) in [4.78, 5) is 4.31. The molecule has 2 heterocycles. The van der Waals surface area contributed by atoms with E-state index in [0.29, 0.717) is 0 Å². The molecule has 1 atom stereocenters. The quantitative estimate of drug-likeness (QED) is 0.890. The van der Waals surface area contributed by atoms with Gasteiger partial charge in [-0.25, -0.2) is 0 Å². The zero-order chi connectivity index (χ0) is 8.93. The Balaban J connectivity index is 0.000000980. The molecule has 0 aromatic carbocycles. The van der Waals surface area contributed by atoms with Crippen molar-refractivity contribution < 1.29 is 0 Å². The lowest BCUT2D eigenvalue weighted by Crippen LogP contribution is -2.21. The van der Waals surface area contributed by atoms with Crippen LogP contribution in [0, 0.1) is 0 Å². The van der Waals surface area contributed by atoms with E-state index in [1.807, 2.05) is 12.3 Å². The van der Waals surface area contributed by atoms with Crippen LogP contribution in [0.5, 0.6) is 0 Å². The summed E-state index contributed by atoms with van der Waals surface area (Å²) in [7, 11) is 0. The molecule has 0 bridgehead atoms. The number of aromatic nitrogens is 1. The minimum absolute atomic E-state index is 0. The van der Waals surface area contributed by atoms with Crippen molar-refractivity contribution in [3.05, 3.63) is 30.1 Å². The van der Waals surface area contributed by atoms with Gasteiger partial charge in [-0.15, -0.1) is 24.8 Å². The molecule has 1 N–H and O–H groups in total. The lowest BCUT2D eigenvalue weighted by atomic mass is 10.1. The van der Waals surface area contributed by atoms with Crippen LogP contribution < -0.4 is 5.32 Å². The SMILES string of the molecule is Cl.Cl.c1ccc(CC[C@@H]2CCCN2)nc1. The number of rotatable bonds is 3. The molecule has 15 heavy (non-hydrogen) atoms. The Kier molecular flexibility index (Phi) is 7.75. The van der Waals surface area contributed by atoms with Gasteiger partial charge in [-0.3, -0.25) is 4.98 Å². The second kappa shape index (κ2) is 7.91. The van der Waals surface area contributed by atoms with Crippen LogP contribution in [0.25, 0.3) is 0 Å². The number of hydrogen-bond donors (Lipinski definition) is 1. The lowest BCUT2D eigenvalue weighted by molar-refractivity contribution is 0.555. The highest BCUT2D eigenvalue weighted by Crippen LogP contribution is 2.11. The maximum absolute atomic E-state index is 4.31. The first-order valence-electron chi connectivity index (χ1n) is 5.08. The Morgan fingerprint density at radius 1 is 1.33 bits per heavy atom. The Labute approximate surface area is 104 Å². The predicted octanol–water partition coefficient (Wildman–Crippen LogP) is 2.61. The molecule has 2 nitrogen and oxygen atoms in total. The third-order valence-electron chi connectivity index (χ3n) is 2.64. The summed E-state index contributed by atoms with van der Waals surface area (Å²) in [5.74, 6) is 0. The molecule has 2 rings (SSSR count). The zero-order valence-electron chi connectivity index (χ0n) is 8.69. The third kappa shape index (κ3) is 4.83. The number of halogens is 2. The normalized spacial score (nSPS) is 19.1. The number of pyridine rings is 1. The molecule has 0 unspecified atom stereocenters. The van der Waals surface area contributed by atoms with E-state index in [1.165, 1.54) is 31.5 Å². The van der Waals surface area contributed by atoms with E-state index in [1.54, 1.807) is 0 Å². The molecule has 0 amide bonds. The maximum Gasteiger partial charge on any atom is 0.0404 e. The molecule has 86 valence electrons. The minimum Gasteiger partial charge on any atom is -0.314 e. The van der Waals surface area contributed by atoms with Gasteiger partial charge in [0.2, 0.25) is 0 Å². The average molecular weight is 249 g/mol. The van der Waals surface area contributed by atoms with Crippen LogP contribution in [0.2, 0.25) is 0 Å². The van der Waals surface area contributed by atoms with Gasteiger partial charge in [0.15, 0.2) is 0 Å². The van der Waals surface area contributed by atoms with E-state index in [-0.39, 0.29) is 24.8 Å². The molecule has 0 saturated carbocycles. The zero-order valence-corrected chi connectivity index (χ0v) is 10.3. The van der Waals surface area contributed by atoms with Crippen LogP contribution >= 0.6 is 24.8 Å². The van der Waals surface area contributed by atoms with Crippen LogP contribution in [0.3, 0.4) is 0 Å². The maximum atomic E-state index is 4.31. The molecule has 4 heteroatoms. The van der Waals surface area contributed by atoms with Crippen LogP contribution in [-0.2, 0) is 6.42 Å². The van der Waals surface area contributed by atoms with E-state index >= 15 is 0 Å². The Morgan fingerprint density at radius 2 is 2.20 bits per heavy atom. The largest absolute Gasteiger partial charge is 0.314 e. The van der Waals surface area contributed by atoms with E-state index in [2.05, 4.69) is 22.4 Å². The lowest BCUT2D eigenvalue weighted by Gasteiger charge is -2.08. The standard InChI is InChI=1S/C11H16N2.2ClH/c1-2-8-12-10(4-1)6-7-11-5-3-9-13-11;;/h1-2,4,8,11,13H,3,5-7,9H2;2*1H/t11-;;/m0../s1. The summed E-state index contributed by atoms with van der Waals surface area (Å²) in [5, 5.41) is 3.50. The summed E-state index contributed by atoms with van der Waals surface area (Å²) < 4.78 is 0. The molecule has 1 aromatic heterocycles. The van der Waals surface area contributed by atoms with Gasteiger partial charge in [0, 0.05) is 17.9 Å². The van der Waals surface area contributed by atoms with Crippen LogP contribution in [0.1, 0.15) is 25.0 Å². The Bertz CT molecular complexity index is 248. The average Bonchev–Trinajstić information content (AvgIpc) is 2.69. The monoisotopic (exact) mass is 248 g/mol. The smallest absolute Gasteiger partial charge is 0.0404 e. The van der Waals surface area contributed by atoms with Gasteiger partial charge in [-0.1, -0.05) is 6.07 Å². The molecular formula is C11H18Cl2N2. The van der Waals surface area contributed by atoms with Gasteiger partial charge in [0.05, 0.1) is 0 Å². The van der Waals surface area contributed by atoms with E-state index in [9.17, 15) is 0 Å². The number of hydrogen-bond acceptors (Lipinski definition) is 2. The first-order chi connectivity index (χ1) is 6.45. The van der Waals surface area contributed by atoms with Crippen LogP contribution in [0.15, 0.2) is 24.4 Å². The highest BCUT2D eigenvalue weighted by molar-refractivity contribution is 5.85. The van der Waals surface area contributed by atoms with Gasteiger partial charge in [0.1, 0.15) is 0 Å².